The van der Waals surface area contributed by atoms with Crippen LogP contribution >= 0.6 is 0 Å². The second-order valence-corrected chi connectivity index (χ2v) is 4.66. The Labute approximate surface area is 126 Å². The molecule has 0 aromatic heterocycles. The van der Waals surface area contributed by atoms with Crippen molar-refractivity contribution in [2.45, 2.75) is 0 Å². The Bertz CT molecular complexity index is 793. The predicted molar refractivity (Wildman–Crippen MR) is 82.2 cm³/mol. The van der Waals surface area contributed by atoms with Crippen LogP contribution in [-0.4, -0.2) is 16.7 Å². The Morgan fingerprint density at radius 3 is 2.36 bits per heavy atom. The minimum absolute atomic E-state index is 0.00602. The molecule has 0 saturated carbocycles. The maximum absolute atomic E-state index is 11.9. The summed E-state index contributed by atoms with van der Waals surface area (Å²) < 4.78 is 0. The van der Waals surface area contributed by atoms with Gasteiger partial charge < -0.3 is 5.32 Å². The minimum atomic E-state index is -0.467. The monoisotopic (exact) mass is 293 g/mol. The van der Waals surface area contributed by atoms with Gasteiger partial charge in [-0.3, -0.25) is 14.9 Å². The number of nitro groups is 1. The van der Waals surface area contributed by atoms with Crippen molar-refractivity contribution < 1.29 is 9.72 Å². The van der Waals surface area contributed by atoms with Crippen LogP contribution in [0.3, 0.4) is 0 Å². The number of rotatable bonds is 3. The van der Waals surface area contributed by atoms with Crippen molar-refractivity contribution in [2.24, 2.45) is 4.99 Å². The smallest absolute Gasteiger partial charge is 0.275 e. The summed E-state index contributed by atoms with van der Waals surface area (Å²) in [6.45, 7) is 0. The molecule has 0 radical (unpaired) electrons. The van der Waals surface area contributed by atoms with Crippen LogP contribution in [0.25, 0.3) is 6.08 Å². The summed E-state index contributed by atoms with van der Waals surface area (Å²) in [5.41, 5.74) is 1.77. The van der Waals surface area contributed by atoms with E-state index in [0.717, 1.165) is 5.56 Å². The van der Waals surface area contributed by atoms with Crippen LogP contribution in [0.15, 0.2) is 65.3 Å². The first kappa shape index (κ1) is 13.7. The standard InChI is InChI=1S/C16H11N3O3/c20-16-14(10-11-6-8-13(9-7-11)19(21)22)17-15(18-16)12-4-2-1-3-5-12/h1-10H,(H,17,18,20). The topological polar surface area (TPSA) is 84.6 Å². The van der Waals surface area contributed by atoms with Gasteiger partial charge >= 0.3 is 0 Å². The third kappa shape index (κ3) is 2.76. The van der Waals surface area contributed by atoms with Gasteiger partial charge in [0.1, 0.15) is 11.5 Å². The van der Waals surface area contributed by atoms with Crippen molar-refractivity contribution in [3.63, 3.8) is 0 Å². The maximum atomic E-state index is 11.9. The summed E-state index contributed by atoms with van der Waals surface area (Å²) in [6.07, 6.45) is 1.59. The van der Waals surface area contributed by atoms with E-state index in [9.17, 15) is 14.9 Å². The molecule has 6 nitrogen and oxygen atoms in total. The molecular formula is C16H11N3O3. The second kappa shape index (κ2) is 5.61. The molecule has 0 spiro atoms. The van der Waals surface area contributed by atoms with E-state index in [-0.39, 0.29) is 17.3 Å². The van der Waals surface area contributed by atoms with Gasteiger partial charge in [0, 0.05) is 17.7 Å². The predicted octanol–water partition coefficient (Wildman–Crippen LogP) is 2.51. The van der Waals surface area contributed by atoms with Crippen LogP contribution in [0.2, 0.25) is 0 Å². The largest absolute Gasteiger partial charge is 0.305 e. The van der Waals surface area contributed by atoms with Gasteiger partial charge in [0.05, 0.1) is 4.92 Å². The molecule has 2 aromatic rings. The first-order valence-corrected chi connectivity index (χ1v) is 6.55. The lowest BCUT2D eigenvalue weighted by Crippen LogP contribution is -2.24. The molecule has 0 saturated heterocycles. The summed E-state index contributed by atoms with van der Waals surface area (Å²) in [5, 5.41) is 13.3. The first-order valence-electron chi connectivity index (χ1n) is 6.55. The maximum Gasteiger partial charge on any atom is 0.275 e. The Morgan fingerprint density at radius 1 is 1.05 bits per heavy atom. The lowest BCUT2D eigenvalue weighted by Gasteiger charge is -1.98. The zero-order chi connectivity index (χ0) is 15.5. The van der Waals surface area contributed by atoms with Crippen LogP contribution in [-0.2, 0) is 4.79 Å². The number of aliphatic imine (C=N–C) groups is 1. The van der Waals surface area contributed by atoms with E-state index in [0.29, 0.717) is 11.4 Å². The fraction of sp³-hybridized carbons (Fsp3) is 0. The molecule has 1 aliphatic heterocycles. The Hall–Kier alpha value is -3.28. The SMILES string of the molecule is O=C1NC(c2ccccc2)=NC1=Cc1ccc([N+](=O)[O-])cc1. The quantitative estimate of drug-likeness (QED) is 0.536. The van der Waals surface area contributed by atoms with E-state index < -0.39 is 4.92 Å². The summed E-state index contributed by atoms with van der Waals surface area (Å²) in [4.78, 5) is 26.4. The molecule has 0 bridgehead atoms. The summed E-state index contributed by atoms with van der Waals surface area (Å²) in [7, 11) is 0. The summed E-state index contributed by atoms with van der Waals surface area (Å²) in [6, 6.07) is 15.3. The van der Waals surface area contributed by atoms with Crippen molar-refractivity contribution in [1.29, 1.82) is 0 Å². The average molecular weight is 293 g/mol. The zero-order valence-corrected chi connectivity index (χ0v) is 11.4. The third-order valence-electron chi connectivity index (χ3n) is 3.15. The molecular weight excluding hydrogens is 282 g/mol. The number of hydrogen-bond donors (Lipinski definition) is 1. The fourth-order valence-electron chi connectivity index (χ4n) is 2.05. The molecule has 0 atom stereocenters. The van der Waals surface area contributed by atoms with Crippen molar-refractivity contribution in [2.75, 3.05) is 0 Å². The normalized spacial score (nSPS) is 15.5. The number of carbonyl (C=O) groups is 1. The molecule has 2 aromatic carbocycles. The molecule has 108 valence electrons. The molecule has 3 rings (SSSR count). The number of hydrogen-bond acceptors (Lipinski definition) is 4. The first-order chi connectivity index (χ1) is 10.6. The van der Waals surface area contributed by atoms with Gasteiger partial charge in [0.2, 0.25) is 0 Å². The van der Waals surface area contributed by atoms with E-state index in [1.54, 1.807) is 18.2 Å². The number of non-ortho nitro benzene ring substituents is 1. The third-order valence-corrected chi connectivity index (χ3v) is 3.15. The van der Waals surface area contributed by atoms with Crippen LogP contribution < -0.4 is 5.32 Å². The number of nitrogens with one attached hydrogen (secondary N) is 1. The summed E-state index contributed by atoms with van der Waals surface area (Å²) >= 11 is 0. The van der Waals surface area contributed by atoms with Gasteiger partial charge in [-0.1, -0.05) is 30.3 Å². The van der Waals surface area contributed by atoms with E-state index in [2.05, 4.69) is 10.3 Å². The van der Waals surface area contributed by atoms with Gasteiger partial charge in [0.25, 0.3) is 11.6 Å². The van der Waals surface area contributed by atoms with E-state index >= 15 is 0 Å². The van der Waals surface area contributed by atoms with E-state index in [1.165, 1.54) is 12.1 Å². The Kier molecular flexibility index (Phi) is 3.49. The van der Waals surface area contributed by atoms with Gasteiger partial charge in [-0.05, 0) is 23.8 Å². The van der Waals surface area contributed by atoms with Gasteiger partial charge in [-0.15, -0.1) is 0 Å². The second-order valence-electron chi connectivity index (χ2n) is 4.66. The molecule has 1 amide bonds. The zero-order valence-electron chi connectivity index (χ0n) is 11.4. The van der Waals surface area contributed by atoms with Crippen LogP contribution in [0.4, 0.5) is 5.69 Å². The lowest BCUT2D eigenvalue weighted by molar-refractivity contribution is -0.384. The molecule has 6 heteroatoms. The molecule has 22 heavy (non-hydrogen) atoms. The molecule has 0 unspecified atom stereocenters. The number of nitro benzene ring substituents is 1. The number of benzene rings is 2. The Balaban J connectivity index is 1.89. The van der Waals surface area contributed by atoms with Crippen molar-refractivity contribution >= 4 is 23.5 Å². The van der Waals surface area contributed by atoms with Gasteiger partial charge in [0.15, 0.2) is 0 Å². The number of nitrogens with zero attached hydrogens (tertiary/aromatic N) is 2. The molecule has 1 aliphatic rings. The van der Waals surface area contributed by atoms with Crippen molar-refractivity contribution in [3.8, 4) is 0 Å². The van der Waals surface area contributed by atoms with Crippen LogP contribution in [0.1, 0.15) is 11.1 Å². The molecule has 0 aliphatic carbocycles. The minimum Gasteiger partial charge on any atom is -0.305 e. The molecule has 1 N–H and O–H groups in total. The van der Waals surface area contributed by atoms with Crippen LogP contribution in [0.5, 0.6) is 0 Å². The Morgan fingerprint density at radius 2 is 1.73 bits per heavy atom. The highest BCUT2D eigenvalue weighted by Crippen LogP contribution is 2.17. The van der Waals surface area contributed by atoms with E-state index in [1.807, 2.05) is 30.3 Å². The van der Waals surface area contributed by atoms with E-state index in [4.69, 9.17) is 0 Å². The van der Waals surface area contributed by atoms with Crippen molar-refractivity contribution in [3.05, 3.63) is 81.5 Å². The highest BCUT2D eigenvalue weighted by atomic mass is 16.6. The highest BCUT2D eigenvalue weighted by molar-refractivity contribution is 6.19. The number of amidine groups is 1. The van der Waals surface area contributed by atoms with Gasteiger partial charge in [-0.25, -0.2) is 4.99 Å². The number of amides is 1. The highest BCUT2D eigenvalue weighted by Gasteiger charge is 2.20. The van der Waals surface area contributed by atoms with Crippen LogP contribution in [0, 0.1) is 10.1 Å². The van der Waals surface area contributed by atoms with Crippen molar-refractivity contribution in [1.82, 2.24) is 5.32 Å². The lowest BCUT2D eigenvalue weighted by atomic mass is 10.2. The molecule has 0 fully saturated rings. The summed E-state index contributed by atoms with van der Waals surface area (Å²) in [5.74, 6) is 0.205. The average Bonchev–Trinajstić information content (AvgIpc) is 2.90. The molecule has 1 heterocycles. The number of carbonyl (C=O) groups excluding carboxylic acids is 1. The van der Waals surface area contributed by atoms with Gasteiger partial charge in [-0.2, -0.15) is 0 Å². The fourth-order valence-corrected chi connectivity index (χ4v) is 2.05.